The minimum absolute atomic E-state index is 1.01. The second-order valence-corrected chi connectivity index (χ2v) is 10.6. The zero-order valence-corrected chi connectivity index (χ0v) is 13.6. The first kappa shape index (κ1) is 13.9. The highest BCUT2D eigenvalue weighted by atomic mass is 127. The lowest BCUT2D eigenvalue weighted by atomic mass is 10.4. The molecular weight excluding hydrogens is 354 g/mol. The predicted octanol–water partition coefficient (Wildman–Crippen LogP) is 4.51. The summed E-state index contributed by atoms with van der Waals surface area (Å²) in [6.07, 6.45) is 1.01. The van der Waals surface area contributed by atoms with Crippen LogP contribution in [-0.4, -0.2) is 0 Å². The van der Waals surface area contributed by atoms with E-state index in [4.69, 9.17) is 4.52 Å². The molecule has 2 rings (SSSR count). The zero-order chi connectivity index (χ0) is 13.0. The molecule has 0 amide bonds. The molecule has 0 aliphatic carbocycles. The fourth-order valence-corrected chi connectivity index (χ4v) is 6.98. The molecule has 0 aliphatic heterocycles. The first-order chi connectivity index (χ1) is 8.63. The summed E-state index contributed by atoms with van der Waals surface area (Å²) >= 11 is 2.49. The van der Waals surface area contributed by atoms with Crippen molar-refractivity contribution < 1.29 is 4.52 Å². The summed E-state index contributed by atoms with van der Waals surface area (Å²) in [6.45, 7) is 4.03. The summed E-state index contributed by atoms with van der Waals surface area (Å²) in [4.78, 5) is 0. The van der Waals surface area contributed by atoms with Gasteiger partial charge in [0.25, 0.3) is 6.10 Å². The van der Waals surface area contributed by atoms with E-state index in [1.165, 1.54) is 10.6 Å². The number of hydrogen-bond donors (Lipinski definition) is 0. The van der Waals surface area contributed by atoms with Crippen LogP contribution in [0.3, 0.4) is 0 Å². The third-order valence-corrected chi connectivity index (χ3v) is 8.96. The first-order valence-corrected chi connectivity index (χ1v) is 10.3. The van der Waals surface area contributed by atoms with E-state index in [1.807, 2.05) is 26.0 Å². The van der Waals surface area contributed by atoms with Gasteiger partial charge in [0.2, 0.25) is 22.0 Å². The minimum Gasteiger partial charge on any atom is -0.0620 e. The number of rotatable bonds is 4. The molecule has 0 aliphatic rings. The number of hydrogen-bond acceptors (Lipinski definition) is 1. The molecule has 0 fully saturated rings. The SMILES string of the molecule is C[C+](C)O[P+](I)(c1ccccc1)c1ccccc1. The molecule has 0 unspecified atom stereocenters. The van der Waals surface area contributed by atoms with Crippen LogP contribution in [0.2, 0.25) is 0 Å². The van der Waals surface area contributed by atoms with Gasteiger partial charge in [0.1, 0.15) is 24.5 Å². The topological polar surface area (TPSA) is 9.23 Å². The van der Waals surface area contributed by atoms with Gasteiger partial charge in [-0.1, -0.05) is 36.4 Å². The van der Waals surface area contributed by atoms with Crippen molar-refractivity contribution in [2.75, 3.05) is 0 Å². The highest BCUT2D eigenvalue weighted by Gasteiger charge is 2.49. The van der Waals surface area contributed by atoms with Crippen molar-refractivity contribution in [3.05, 3.63) is 66.8 Å². The van der Waals surface area contributed by atoms with Crippen LogP contribution < -0.4 is 10.6 Å². The lowest BCUT2D eigenvalue weighted by Crippen LogP contribution is -2.20. The summed E-state index contributed by atoms with van der Waals surface area (Å²) < 4.78 is 6.22. The van der Waals surface area contributed by atoms with Gasteiger partial charge in [-0.05, 0) is 28.8 Å². The van der Waals surface area contributed by atoms with Crippen LogP contribution in [0.4, 0.5) is 0 Å². The van der Waals surface area contributed by atoms with Gasteiger partial charge < -0.3 is 0 Å². The largest absolute Gasteiger partial charge is 0.326 e. The molecule has 3 heteroatoms. The van der Waals surface area contributed by atoms with Crippen molar-refractivity contribution in [3.63, 3.8) is 0 Å². The summed E-state index contributed by atoms with van der Waals surface area (Å²) in [7, 11) is 0. The van der Waals surface area contributed by atoms with Gasteiger partial charge in [-0.2, -0.15) is 0 Å². The normalized spacial score (nSPS) is 11.3. The first-order valence-electron chi connectivity index (χ1n) is 5.82. The fourth-order valence-electron chi connectivity index (χ4n) is 1.75. The highest BCUT2D eigenvalue weighted by Crippen LogP contribution is 2.66. The zero-order valence-electron chi connectivity index (χ0n) is 10.5. The van der Waals surface area contributed by atoms with Crippen molar-refractivity contribution in [1.82, 2.24) is 0 Å². The standard InChI is InChI=1S/C15H16IOP/c1-13(2)17-18(16,14-9-5-3-6-10-14)15-11-7-4-8-12-15/h3-12H,1-2H3/q+2. The van der Waals surface area contributed by atoms with Gasteiger partial charge in [0.15, 0.2) is 0 Å². The number of halogens is 1. The van der Waals surface area contributed by atoms with Crippen LogP contribution in [0.15, 0.2) is 60.7 Å². The second kappa shape index (κ2) is 6.05. The van der Waals surface area contributed by atoms with E-state index in [9.17, 15) is 0 Å². The van der Waals surface area contributed by atoms with E-state index in [1.54, 1.807) is 0 Å². The molecule has 0 bridgehead atoms. The average Bonchev–Trinajstić information content (AvgIpc) is 2.40. The molecule has 0 heterocycles. The van der Waals surface area contributed by atoms with Crippen molar-refractivity contribution in [1.29, 1.82) is 0 Å². The molecule has 0 spiro atoms. The van der Waals surface area contributed by atoms with Gasteiger partial charge in [-0.25, -0.2) is 0 Å². The van der Waals surface area contributed by atoms with E-state index in [0.29, 0.717) is 0 Å². The molecular formula is C15H16IOP+2. The maximum atomic E-state index is 6.22. The van der Waals surface area contributed by atoms with Gasteiger partial charge in [0, 0.05) is 0 Å². The Bertz CT molecular complexity index is 445. The molecule has 0 aromatic heterocycles. The monoisotopic (exact) mass is 370 g/mol. The lowest BCUT2D eigenvalue weighted by molar-refractivity contribution is 0.390. The maximum Gasteiger partial charge on any atom is 0.326 e. The van der Waals surface area contributed by atoms with E-state index in [-0.39, 0.29) is 0 Å². The Morgan fingerprint density at radius 2 is 1.22 bits per heavy atom. The van der Waals surface area contributed by atoms with E-state index in [0.717, 1.165) is 6.10 Å². The molecule has 0 saturated carbocycles. The molecule has 0 radical (unpaired) electrons. The Morgan fingerprint density at radius 1 is 0.833 bits per heavy atom. The molecule has 0 atom stereocenters. The smallest absolute Gasteiger partial charge is 0.0620 e. The summed E-state index contributed by atoms with van der Waals surface area (Å²) in [6, 6.07) is 21.0. The third-order valence-electron chi connectivity index (χ3n) is 2.48. The Balaban J connectivity index is 2.48. The lowest BCUT2D eigenvalue weighted by Gasteiger charge is -2.14. The molecule has 0 saturated heterocycles. The number of benzene rings is 2. The quantitative estimate of drug-likeness (QED) is 0.437. The van der Waals surface area contributed by atoms with Gasteiger partial charge in [0.05, 0.1) is 0 Å². The molecule has 92 valence electrons. The Labute approximate surface area is 122 Å². The van der Waals surface area contributed by atoms with Crippen molar-refractivity contribution >= 4 is 37.8 Å². The van der Waals surface area contributed by atoms with E-state index < -0.39 is 5.13 Å². The van der Waals surface area contributed by atoms with Crippen LogP contribution in [0.1, 0.15) is 13.8 Å². The highest BCUT2D eigenvalue weighted by molar-refractivity contribution is 14.2. The second-order valence-electron chi connectivity index (χ2n) is 4.20. The van der Waals surface area contributed by atoms with Crippen LogP contribution in [0, 0.1) is 6.10 Å². The van der Waals surface area contributed by atoms with Crippen molar-refractivity contribution in [2.24, 2.45) is 0 Å². The fraction of sp³-hybridized carbons (Fsp3) is 0.133. The third kappa shape index (κ3) is 3.05. The average molecular weight is 370 g/mol. The van der Waals surface area contributed by atoms with Crippen molar-refractivity contribution in [2.45, 2.75) is 13.8 Å². The molecule has 0 N–H and O–H groups in total. The van der Waals surface area contributed by atoms with Crippen LogP contribution in [-0.2, 0) is 4.52 Å². The molecule has 18 heavy (non-hydrogen) atoms. The van der Waals surface area contributed by atoms with Gasteiger partial charge in [-0.15, -0.1) is 0 Å². The summed E-state index contributed by atoms with van der Waals surface area (Å²) in [5.41, 5.74) is 0. The summed E-state index contributed by atoms with van der Waals surface area (Å²) in [5, 5.41) is 0.727. The molecule has 2 aromatic rings. The predicted molar refractivity (Wildman–Crippen MR) is 88.8 cm³/mol. The Morgan fingerprint density at radius 3 is 1.56 bits per heavy atom. The Hall–Kier alpha value is -0.570. The van der Waals surface area contributed by atoms with Gasteiger partial charge >= 0.3 is 5.13 Å². The minimum atomic E-state index is -1.80. The molecule has 2 aromatic carbocycles. The molecule has 1 nitrogen and oxygen atoms in total. The summed E-state index contributed by atoms with van der Waals surface area (Å²) in [5.74, 6) is 0. The Kier molecular flexibility index (Phi) is 4.66. The maximum absolute atomic E-state index is 6.22. The van der Waals surface area contributed by atoms with E-state index >= 15 is 0 Å². The van der Waals surface area contributed by atoms with Crippen LogP contribution in [0.5, 0.6) is 0 Å². The van der Waals surface area contributed by atoms with Crippen molar-refractivity contribution in [3.8, 4) is 0 Å². The van der Waals surface area contributed by atoms with Gasteiger partial charge in [-0.3, -0.25) is 0 Å². The van der Waals surface area contributed by atoms with Crippen LogP contribution in [0.25, 0.3) is 0 Å². The van der Waals surface area contributed by atoms with E-state index in [2.05, 4.69) is 70.6 Å². The van der Waals surface area contributed by atoms with Crippen LogP contribution >= 0.6 is 27.2 Å².